The maximum absolute atomic E-state index is 10.9. The van der Waals surface area contributed by atoms with E-state index in [1.54, 1.807) is 0 Å². The lowest BCUT2D eigenvalue weighted by atomic mass is 10.1. The molecule has 0 aromatic heterocycles. The van der Waals surface area contributed by atoms with Gasteiger partial charge < -0.3 is 15.7 Å². The third-order valence-electron chi connectivity index (χ3n) is 2.84. The largest absolute Gasteiger partial charge is 0.480 e. The number of carbonyl (C=O) groups excluding carboxylic acids is 1. The Balaban J connectivity index is 2.52. The van der Waals surface area contributed by atoms with Gasteiger partial charge in [-0.1, -0.05) is 31.2 Å². The van der Waals surface area contributed by atoms with Gasteiger partial charge in [-0.05, 0) is 17.5 Å². The van der Waals surface area contributed by atoms with Crippen LogP contribution in [0.5, 0.6) is 0 Å². The van der Waals surface area contributed by atoms with Crippen molar-refractivity contribution >= 4 is 11.9 Å². The molecule has 3 N–H and O–H groups in total. The summed E-state index contributed by atoms with van der Waals surface area (Å²) in [6.45, 7) is 4.18. The SMILES string of the molecule is CCc1ccccc1CNCC(NC(C)=O)C(=O)O. The van der Waals surface area contributed by atoms with Crippen LogP contribution in [0.4, 0.5) is 0 Å². The molecule has 5 nitrogen and oxygen atoms in total. The highest BCUT2D eigenvalue weighted by atomic mass is 16.4. The van der Waals surface area contributed by atoms with Crippen molar-refractivity contribution in [1.29, 1.82) is 0 Å². The van der Waals surface area contributed by atoms with Crippen molar-refractivity contribution < 1.29 is 14.7 Å². The van der Waals surface area contributed by atoms with Gasteiger partial charge in [0.05, 0.1) is 0 Å². The van der Waals surface area contributed by atoms with E-state index in [1.807, 2.05) is 18.2 Å². The van der Waals surface area contributed by atoms with Gasteiger partial charge in [0.1, 0.15) is 6.04 Å². The molecule has 1 rings (SSSR count). The molecule has 0 bridgehead atoms. The highest BCUT2D eigenvalue weighted by Gasteiger charge is 2.17. The molecule has 0 saturated heterocycles. The molecular formula is C14H20N2O3. The molecule has 0 aliphatic rings. The summed E-state index contributed by atoms with van der Waals surface area (Å²) in [5.41, 5.74) is 2.39. The summed E-state index contributed by atoms with van der Waals surface area (Å²) in [5, 5.41) is 14.4. The monoisotopic (exact) mass is 264 g/mol. The van der Waals surface area contributed by atoms with Gasteiger partial charge in [0.2, 0.25) is 5.91 Å². The zero-order chi connectivity index (χ0) is 14.3. The van der Waals surface area contributed by atoms with Gasteiger partial charge in [-0.2, -0.15) is 0 Å². The number of rotatable bonds is 7. The average Bonchev–Trinajstić information content (AvgIpc) is 2.37. The van der Waals surface area contributed by atoms with E-state index < -0.39 is 12.0 Å². The highest BCUT2D eigenvalue weighted by Crippen LogP contribution is 2.08. The number of hydrogen-bond acceptors (Lipinski definition) is 3. The molecule has 104 valence electrons. The first-order chi connectivity index (χ1) is 9.04. The number of aliphatic carboxylic acids is 1. The zero-order valence-corrected chi connectivity index (χ0v) is 11.3. The van der Waals surface area contributed by atoms with Crippen LogP contribution < -0.4 is 10.6 Å². The van der Waals surface area contributed by atoms with Crippen LogP contribution in [-0.4, -0.2) is 29.6 Å². The number of carbonyl (C=O) groups is 2. The Morgan fingerprint density at radius 3 is 2.42 bits per heavy atom. The fraction of sp³-hybridized carbons (Fsp3) is 0.429. The van der Waals surface area contributed by atoms with Gasteiger partial charge in [-0.25, -0.2) is 4.79 Å². The van der Waals surface area contributed by atoms with Crippen molar-refractivity contribution in [2.45, 2.75) is 32.9 Å². The van der Waals surface area contributed by atoms with Crippen molar-refractivity contribution in [3.8, 4) is 0 Å². The van der Waals surface area contributed by atoms with E-state index in [2.05, 4.69) is 23.6 Å². The van der Waals surface area contributed by atoms with Crippen LogP contribution in [0.25, 0.3) is 0 Å². The number of amides is 1. The molecule has 0 spiro atoms. The number of carboxylic acids is 1. The average molecular weight is 264 g/mol. The molecule has 1 aromatic rings. The second-order valence-electron chi connectivity index (χ2n) is 4.34. The molecule has 0 aliphatic carbocycles. The lowest BCUT2D eigenvalue weighted by molar-refractivity contribution is -0.141. The minimum absolute atomic E-state index is 0.201. The zero-order valence-electron chi connectivity index (χ0n) is 11.3. The Kier molecular flexibility index (Phi) is 6.02. The Bertz CT molecular complexity index is 446. The predicted octanol–water partition coefficient (Wildman–Crippen LogP) is 0.928. The normalized spacial score (nSPS) is 11.9. The van der Waals surface area contributed by atoms with Gasteiger partial charge in [0.25, 0.3) is 0 Å². The maximum Gasteiger partial charge on any atom is 0.327 e. The molecule has 1 atom stereocenters. The number of benzene rings is 1. The molecule has 1 aromatic carbocycles. The summed E-state index contributed by atoms with van der Waals surface area (Å²) in [6, 6.07) is 7.11. The minimum atomic E-state index is -1.04. The molecule has 0 saturated carbocycles. The summed E-state index contributed by atoms with van der Waals surface area (Å²) in [6.07, 6.45) is 0.936. The van der Waals surface area contributed by atoms with Crippen LogP contribution in [-0.2, 0) is 22.6 Å². The highest BCUT2D eigenvalue weighted by molar-refractivity contribution is 5.82. The second kappa shape index (κ2) is 7.53. The van der Waals surface area contributed by atoms with Gasteiger partial charge in [0.15, 0.2) is 0 Å². The van der Waals surface area contributed by atoms with Crippen LogP contribution in [0, 0.1) is 0 Å². The maximum atomic E-state index is 10.9. The van der Waals surface area contributed by atoms with E-state index in [-0.39, 0.29) is 12.5 Å². The third kappa shape index (κ3) is 5.09. The standard InChI is InChI=1S/C14H20N2O3/c1-3-11-6-4-5-7-12(11)8-15-9-13(14(18)19)16-10(2)17/h4-7,13,15H,3,8-9H2,1-2H3,(H,16,17)(H,18,19). The number of hydrogen-bond donors (Lipinski definition) is 3. The van der Waals surface area contributed by atoms with Crippen molar-refractivity contribution in [2.75, 3.05) is 6.54 Å². The Morgan fingerprint density at radius 1 is 1.26 bits per heavy atom. The van der Waals surface area contributed by atoms with E-state index in [1.165, 1.54) is 12.5 Å². The van der Waals surface area contributed by atoms with Gasteiger partial charge >= 0.3 is 5.97 Å². The van der Waals surface area contributed by atoms with Crippen molar-refractivity contribution in [3.05, 3.63) is 35.4 Å². The van der Waals surface area contributed by atoms with Crippen LogP contribution in [0.2, 0.25) is 0 Å². The summed E-state index contributed by atoms with van der Waals surface area (Å²) in [5.74, 6) is -1.38. The number of carboxylic acid groups (broad SMARTS) is 1. The van der Waals surface area contributed by atoms with Crippen LogP contribution in [0.1, 0.15) is 25.0 Å². The Hall–Kier alpha value is -1.88. The molecule has 19 heavy (non-hydrogen) atoms. The molecule has 0 radical (unpaired) electrons. The van der Waals surface area contributed by atoms with E-state index >= 15 is 0 Å². The Labute approximate surface area is 113 Å². The van der Waals surface area contributed by atoms with Crippen molar-refractivity contribution in [2.24, 2.45) is 0 Å². The molecule has 1 amide bonds. The summed E-state index contributed by atoms with van der Waals surface area (Å²) in [7, 11) is 0. The number of aryl methyl sites for hydroxylation is 1. The lowest BCUT2D eigenvalue weighted by Gasteiger charge is -2.15. The number of nitrogens with one attached hydrogen (secondary N) is 2. The fourth-order valence-electron chi connectivity index (χ4n) is 1.87. The van der Waals surface area contributed by atoms with Gasteiger partial charge in [-0.3, -0.25) is 4.79 Å². The van der Waals surface area contributed by atoms with Gasteiger partial charge in [0, 0.05) is 20.0 Å². The molecule has 5 heteroatoms. The summed E-state index contributed by atoms with van der Waals surface area (Å²) < 4.78 is 0. The smallest absolute Gasteiger partial charge is 0.327 e. The first kappa shape index (κ1) is 15.2. The molecule has 0 heterocycles. The molecule has 1 unspecified atom stereocenters. The predicted molar refractivity (Wildman–Crippen MR) is 72.8 cm³/mol. The van der Waals surface area contributed by atoms with Crippen molar-refractivity contribution in [3.63, 3.8) is 0 Å². The quantitative estimate of drug-likeness (QED) is 0.684. The molecular weight excluding hydrogens is 244 g/mol. The third-order valence-corrected chi connectivity index (χ3v) is 2.84. The van der Waals surface area contributed by atoms with E-state index in [4.69, 9.17) is 5.11 Å². The molecule has 0 fully saturated rings. The van der Waals surface area contributed by atoms with Crippen LogP contribution in [0.15, 0.2) is 24.3 Å². The summed E-state index contributed by atoms with van der Waals surface area (Å²) in [4.78, 5) is 21.8. The summed E-state index contributed by atoms with van der Waals surface area (Å²) >= 11 is 0. The van der Waals surface area contributed by atoms with Crippen LogP contribution in [0.3, 0.4) is 0 Å². The first-order valence-corrected chi connectivity index (χ1v) is 6.32. The first-order valence-electron chi connectivity index (χ1n) is 6.32. The van der Waals surface area contributed by atoms with Crippen LogP contribution >= 0.6 is 0 Å². The van der Waals surface area contributed by atoms with E-state index in [0.717, 1.165) is 12.0 Å². The van der Waals surface area contributed by atoms with E-state index in [0.29, 0.717) is 6.54 Å². The lowest BCUT2D eigenvalue weighted by Crippen LogP contribution is -2.46. The van der Waals surface area contributed by atoms with Gasteiger partial charge in [-0.15, -0.1) is 0 Å². The topological polar surface area (TPSA) is 78.4 Å². The van der Waals surface area contributed by atoms with Crippen molar-refractivity contribution in [1.82, 2.24) is 10.6 Å². The fourth-order valence-corrected chi connectivity index (χ4v) is 1.87. The minimum Gasteiger partial charge on any atom is -0.480 e. The second-order valence-corrected chi connectivity index (χ2v) is 4.34. The van der Waals surface area contributed by atoms with E-state index in [9.17, 15) is 9.59 Å². The molecule has 0 aliphatic heterocycles. The Morgan fingerprint density at radius 2 is 1.89 bits per heavy atom.